The predicted molar refractivity (Wildman–Crippen MR) is 107 cm³/mol. The van der Waals surface area contributed by atoms with Gasteiger partial charge in [0.05, 0.1) is 6.61 Å². The summed E-state index contributed by atoms with van der Waals surface area (Å²) in [5, 5.41) is 0. The second-order valence-corrected chi connectivity index (χ2v) is 7.71. The molecule has 0 spiro atoms. The summed E-state index contributed by atoms with van der Waals surface area (Å²) in [5.74, 6) is 0.279. The number of esters is 2. The Bertz CT molecular complexity index is 352. The highest BCUT2D eigenvalue weighted by Crippen LogP contribution is 2.13. The van der Waals surface area contributed by atoms with Gasteiger partial charge in [-0.15, -0.1) is 0 Å². The van der Waals surface area contributed by atoms with E-state index >= 15 is 0 Å². The third-order valence-corrected chi connectivity index (χ3v) is 4.47. The van der Waals surface area contributed by atoms with E-state index < -0.39 is 0 Å². The first-order valence-electron chi connectivity index (χ1n) is 10.8. The molecule has 0 heterocycles. The first-order valence-corrected chi connectivity index (χ1v) is 10.8. The lowest BCUT2D eigenvalue weighted by atomic mass is 10.1. The topological polar surface area (TPSA) is 52.6 Å². The highest BCUT2D eigenvalue weighted by Gasteiger charge is 2.12. The zero-order valence-corrected chi connectivity index (χ0v) is 17.7. The van der Waals surface area contributed by atoms with Crippen molar-refractivity contribution in [1.29, 1.82) is 0 Å². The lowest BCUT2D eigenvalue weighted by Crippen LogP contribution is -2.17. The van der Waals surface area contributed by atoms with Gasteiger partial charge in [0.2, 0.25) is 0 Å². The zero-order chi connectivity index (χ0) is 19.6. The molecular formula is C22H42O4. The van der Waals surface area contributed by atoms with Crippen LogP contribution in [0.15, 0.2) is 0 Å². The molecule has 4 nitrogen and oxygen atoms in total. The smallest absolute Gasteiger partial charge is 0.306 e. The van der Waals surface area contributed by atoms with E-state index in [-0.39, 0.29) is 18.0 Å². The molecule has 0 aliphatic carbocycles. The van der Waals surface area contributed by atoms with Crippen LogP contribution in [0.25, 0.3) is 0 Å². The average molecular weight is 371 g/mol. The fourth-order valence-electron chi connectivity index (χ4n) is 2.79. The maximum absolute atomic E-state index is 11.9. The van der Waals surface area contributed by atoms with Crippen LogP contribution in [0.3, 0.4) is 0 Å². The summed E-state index contributed by atoms with van der Waals surface area (Å²) in [5.41, 5.74) is 0. The van der Waals surface area contributed by atoms with Crippen LogP contribution >= 0.6 is 0 Å². The van der Waals surface area contributed by atoms with Crippen LogP contribution in [-0.2, 0) is 19.1 Å². The second-order valence-electron chi connectivity index (χ2n) is 7.71. The van der Waals surface area contributed by atoms with Crippen LogP contribution in [-0.4, -0.2) is 24.6 Å². The van der Waals surface area contributed by atoms with E-state index in [1.54, 1.807) is 0 Å². The van der Waals surface area contributed by atoms with Crippen molar-refractivity contribution in [3.05, 3.63) is 0 Å². The van der Waals surface area contributed by atoms with Gasteiger partial charge in [-0.05, 0) is 38.0 Å². The fourth-order valence-corrected chi connectivity index (χ4v) is 2.79. The van der Waals surface area contributed by atoms with Gasteiger partial charge in [-0.25, -0.2) is 0 Å². The van der Waals surface area contributed by atoms with Crippen LogP contribution in [0.2, 0.25) is 0 Å². The summed E-state index contributed by atoms with van der Waals surface area (Å²) >= 11 is 0. The highest BCUT2D eigenvalue weighted by atomic mass is 16.5. The second kappa shape index (κ2) is 17.4. The van der Waals surface area contributed by atoms with Crippen molar-refractivity contribution in [3.63, 3.8) is 0 Å². The van der Waals surface area contributed by atoms with Gasteiger partial charge in [-0.2, -0.15) is 0 Å². The first-order chi connectivity index (χ1) is 12.5. The number of ether oxygens (including phenoxy) is 2. The lowest BCUT2D eigenvalue weighted by Gasteiger charge is -2.16. The van der Waals surface area contributed by atoms with Crippen LogP contribution in [0.4, 0.5) is 0 Å². The molecule has 0 aliphatic rings. The number of carbonyl (C=O) groups excluding carboxylic acids is 2. The van der Waals surface area contributed by atoms with Gasteiger partial charge >= 0.3 is 11.9 Å². The van der Waals surface area contributed by atoms with Crippen LogP contribution in [0, 0.1) is 5.92 Å². The molecular weight excluding hydrogens is 328 g/mol. The number of hydrogen-bond donors (Lipinski definition) is 0. The Labute approximate surface area is 161 Å². The summed E-state index contributed by atoms with van der Waals surface area (Å²) in [6, 6.07) is 0. The largest absolute Gasteiger partial charge is 0.465 e. The Hall–Kier alpha value is -1.06. The third-order valence-electron chi connectivity index (χ3n) is 4.47. The minimum Gasteiger partial charge on any atom is -0.465 e. The molecule has 154 valence electrons. The van der Waals surface area contributed by atoms with Gasteiger partial charge in [0, 0.05) is 12.8 Å². The van der Waals surface area contributed by atoms with E-state index in [1.165, 1.54) is 12.8 Å². The Morgan fingerprint density at radius 1 is 0.769 bits per heavy atom. The van der Waals surface area contributed by atoms with E-state index in [2.05, 4.69) is 13.8 Å². The third kappa shape index (κ3) is 16.4. The Morgan fingerprint density at radius 3 is 1.88 bits per heavy atom. The number of carbonyl (C=O) groups is 2. The van der Waals surface area contributed by atoms with Crippen molar-refractivity contribution in [2.24, 2.45) is 5.92 Å². The van der Waals surface area contributed by atoms with E-state index in [1.807, 2.05) is 13.8 Å². The van der Waals surface area contributed by atoms with Crippen molar-refractivity contribution in [3.8, 4) is 0 Å². The molecule has 0 bridgehead atoms. The minimum atomic E-state index is -0.0779. The standard InChI is InChI=1S/C22H42O4/c1-5-7-12-15-20(6-2)26-22(24)17-14-11-9-8-10-13-16-21(23)25-18-19(3)4/h19-20H,5-18H2,1-4H3. The van der Waals surface area contributed by atoms with Crippen LogP contribution < -0.4 is 0 Å². The van der Waals surface area contributed by atoms with Gasteiger partial charge in [-0.3, -0.25) is 9.59 Å². The molecule has 0 aromatic carbocycles. The molecule has 4 heteroatoms. The van der Waals surface area contributed by atoms with Crippen LogP contribution in [0.5, 0.6) is 0 Å². The summed E-state index contributed by atoms with van der Waals surface area (Å²) in [6.07, 6.45) is 12.8. The highest BCUT2D eigenvalue weighted by molar-refractivity contribution is 5.69. The van der Waals surface area contributed by atoms with E-state index in [4.69, 9.17) is 9.47 Å². The fraction of sp³-hybridized carbons (Fsp3) is 0.909. The summed E-state index contributed by atoms with van der Waals surface area (Å²) in [6.45, 7) is 8.87. The number of rotatable bonds is 17. The summed E-state index contributed by atoms with van der Waals surface area (Å²) < 4.78 is 10.7. The zero-order valence-electron chi connectivity index (χ0n) is 17.7. The number of hydrogen-bond acceptors (Lipinski definition) is 4. The van der Waals surface area contributed by atoms with Crippen molar-refractivity contribution in [2.75, 3.05) is 6.61 Å². The van der Waals surface area contributed by atoms with Gasteiger partial charge in [0.25, 0.3) is 0 Å². The monoisotopic (exact) mass is 370 g/mol. The molecule has 1 atom stereocenters. The predicted octanol–water partition coefficient (Wildman–Crippen LogP) is 6.21. The molecule has 0 amide bonds. The SMILES string of the molecule is CCCCCC(CC)OC(=O)CCCCCCCCC(=O)OCC(C)C. The molecule has 0 rings (SSSR count). The Morgan fingerprint density at radius 2 is 1.35 bits per heavy atom. The van der Waals surface area contributed by atoms with Gasteiger partial charge in [0.1, 0.15) is 6.10 Å². The molecule has 0 saturated carbocycles. The average Bonchev–Trinajstić information content (AvgIpc) is 2.61. The normalized spacial score (nSPS) is 12.2. The molecule has 0 saturated heterocycles. The van der Waals surface area contributed by atoms with Gasteiger partial charge < -0.3 is 9.47 Å². The first kappa shape index (κ1) is 24.9. The van der Waals surface area contributed by atoms with E-state index in [9.17, 15) is 9.59 Å². The summed E-state index contributed by atoms with van der Waals surface area (Å²) in [4.78, 5) is 23.4. The minimum absolute atomic E-state index is 0.0405. The molecule has 0 aromatic rings. The molecule has 0 radical (unpaired) electrons. The Balaban J connectivity index is 3.50. The maximum atomic E-state index is 11.9. The lowest BCUT2D eigenvalue weighted by molar-refractivity contribution is -0.150. The van der Waals surface area contributed by atoms with Crippen molar-refractivity contribution >= 4 is 11.9 Å². The summed E-state index contributed by atoms with van der Waals surface area (Å²) in [7, 11) is 0. The van der Waals surface area contributed by atoms with Crippen molar-refractivity contribution in [1.82, 2.24) is 0 Å². The van der Waals surface area contributed by atoms with Gasteiger partial charge in [0.15, 0.2) is 0 Å². The maximum Gasteiger partial charge on any atom is 0.306 e. The molecule has 26 heavy (non-hydrogen) atoms. The van der Waals surface area contributed by atoms with Crippen LogP contribution in [0.1, 0.15) is 111 Å². The van der Waals surface area contributed by atoms with Crippen molar-refractivity contribution < 1.29 is 19.1 Å². The molecule has 0 N–H and O–H groups in total. The van der Waals surface area contributed by atoms with Gasteiger partial charge in [-0.1, -0.05) is 66.2 Å². The van der Waals surface area contributed by atoms with Crippen molar-refractivity contribution in [2.45, 2.75) is 117 Å². The van der Waals surface area contributed by atoms with E-state index in [0.29, 0.717) is 25.4 Å². The Kier molecular flexibility index (Phi) is 16.7. The molecule has 0 aliphatic heterocycles. The molecule has 0 fully saturated rings. The molecule has 1 unspecified atom stereocenters. The van der Waals surface area contributed by atoms with E-state index in [0.717, 1.165) is 57.8 Å². The number of unbranched alkanes of at least 4 members (excludes halogenated alkanes) is 7. The molecule has 0 aromatic heterocycles. The quantitative estimate of drug-likeness (QED) is 0.226.